The Hall–Kier alpha value is -3.15. The molecule has 1 saturated heterocycles. The van der Waals surface area contributed by atoms with Crippen LogP contribution < -0.4 is 10.1 Å². The quantitative estimate of drug-likeness (QED) is 0.499. The summed E-state index contributed by atoms with van der Waals surface area (Å²) in [6.07, 6.45) is 9.75. The fraction of sp³-hybridized carbons (Fsp3) is 0.464. The summed E-state index contributed by atoms with van der Waals surface area (Å²) in [6.45, 7) is 8.12. The van der Waals surface area contributed by atoms with Gasteiger partial charge in [0.25, 0.3) is 0 Å². The number of hydrogen-bond donors (Lipinski definition) is 1. The van der Waals surface area contributed by atoms with Gasteiger partial charge in [-0.05, 0) is 56.4 Å². The predicted octanol–water partition coefficient (Wildman–Crippen LogP) is 6.28. The second-order valence-corrected chi connectivity index (χ2v) is 8.25. The molecule has 6 heteroatoms. The van der Waals surface area contributed by atoms with Crippen molar-refractivity contribution in [2.75, 3.05) is 14.2 Å². The van der Waals surface area contributed by atoms with Gasteiger partial charge in [-0.2, -0.15) is 0 Å². The molecule has 0 spiro atoms. The minimum absolute atomic E-state index is 0.0808. The standard InChI is InChI=1S/C26H31NO5.C2H6/c1-5-10-21(29-3)23-19-13-15-20(27-25(28)31-17-11-8-7-9-12-17)18-14-16-22(30-4)24(32-23)26(18,19)6-2;1-2/h5,7-13,16,18,20,24H,6,14-15H2,1-4H3,(H,27,28);1-2H3/b10-5-,23-21-;/t18?,20?,24-,26-;/m1./s1. The van der Waals surface area contributed by atoms with Gasteiger partial charge >= 0.3 is 6.09 Å². The molecule has 1 aromatic carbocycles. The van der Waals surface area contributed by atoms with Crippen LogP contribution >= 0.6 is 0 Å². The number of carbonyl (C=O) groups is 1. The molecule has 2 unspecified atom stereocenters. The van der Waals surface area contributed by atoms with Crippen molar-refractivity contribution in [2.24, 2.45) is 11.3 Å². The van der Waals surface area contributed by atoms with E-state index in [2.05, 4.69) is 24.4 Å². The van der Waals surface area contributed by atoms with Gasteiger partial charge in [-0.3, -0.25) is 0 Å². The normalized spacial score (nSPS) is 28.4. The Morgan fingerprint density at radius 3 is 2.53 bits per heavy atom. The van der Waals surface area contributed by atoms with Gasteiger partial charge < -0.3 is 24.3 Å². The van der Waals surface area contributed by atoms with Gasteiger partial charge in [-0.1, -0.05) is 51.1 Å². The molecule has 1 aromatic rings. The number of carbonyl (C=O) groups excluding carboxylic acids is 1. The summed E-state index contributed by atoms with van der Waals surface area (Å²) in [5.74, 6) is 2.95. The van der Waals surface area contributed by atoms with Gasteiger partial charge in [0.15, 0.2) is 17.6 Å². The first-order valence-electron chi connectivity index (χ1n) is 12.1. The molecule has 1 amide bonds. The maximum atomic E-state index is 12.7. The molecule has 34 heavy (non-hydrogen) atoms. The summed E-state index contributed by atoms with van der Waals surface area (Å²) >= 11 is 0. The second kappa shape index (κ2) is 11.3. The highest BCUT2D eigenvalue weighted by Gasteiger charge is 2.62. The molecule has 2 aliphatic carbocycles. The average Bonchev–Trinajstić information content (AvgIpc) is 3.22. The van der Waals surface area contributed by atoms with Crippen molar-refractivity contribution in [3.63, 3.8) is 0 Å². The zero-order valence-corrected chi connectivity index (χ0v) is 21.1. The van der Waals surface area contributed by atoms with E-state index in [-0.39, 0.29) is 23.5 Å². The van der Waals surface area contributed by atoms with Crippen LogP contribution in [0.2, 0.25) is 0 Å². The molecule has 0 saturated carbocycles. The van der Waals surface area contributed by atoms with E-state index in [0.717, 1.165) is 29.9 Å². The number of allylic oxidation sites excluding steroid dienone is 4. The topological polar surface area (TPSA) is 66.0 Å². The van der Waals surface area contributed by atoms with Crippen LogP contribution in [0.4, 0.5) is 4.79 Å². The SMILES string of the molecule is C/C=C\C(OC)=C1\O[C@@H]2C(OC)=CCC3C(NC(=O)Oc4ccccc4)CC=C1[C@@]32CC.CC. The number of amides is 1. The van der Waals surface area contributed by atoms with Gasteiger partial charge in [0.05, 0.1) is 14.2 Å². The lowest BCUT2D eigenvalue weighted by Crippen LogP contribution is -2.55. The third kappa shape index (κ3) is 4.46. The number of rotatable bonds is 6. The summed E-state index contributed by atoms with van der Waals surface area (Å²) in [5, 5.41) is 3.12. The fourth-order valence-electron chi connectivity index (χ4n) is 5.46. The van der Waals surface area contributed by atoms with E-state index in [1.807, 2.05) is 51.1 Å². The molecule has 3 aliphatic rings. The number of benzene rings is 1. The third-order valence-electron chi connectivity index (χ3n) is 6.84. The molecular weight excluding hydrogens is 430 g/mol. The van der Waals surface area contributed by atoms with Crippen LogP contribution in [0.3, 0.4) is 0 Å². The van der Waals surface area contributed by atoms with E-state index in [9.17, 15) is 4.79 Å². The lowest BCUT2D eigenvalue weighted by atomic mass is 9.56. The summed E-state index contributed by atoms with van der Waals surface area (Å²) in [6, 6.07) is 9.03. The lowest BCUT2D eigenvalue weighted by Gasteiger charge is -2.48. The summed E-state index contributed by atoms with van der Waals surface area (Å²) in [7, 11) is 3.34. The number of nitrogens with one attached hydrogen (secondary N) is 1. The first-order valence-corrected chi connectivity index (χ1v) is 12.1. The minimum Gasteiger partial charge on any atom is -0.497 e. The smallest absolute Gasteiger partial charge is 0.412 e. The number of ether oxygens (including phenoxy) is 4. The van der Waals surface area contributed by atoms with Crippen LogP contribution in [0, 0.1) is 11.3 Å². The van der Waals surface area contributed by atoms with Crippen LogP contribution in [-0.2, 0) is 14.2 Å². The monoisotopic (exact) mass is 467 g/mol. The Balaban J connectivity index is 0.00000158. The molecule has 1 aliphatic heterocycles. The largest absolute Gasteiger partial charge is 0.497 e. The van der Waals surface area contributed by atoms with Crippen molar-refractivity contribution in [1.82, 2.24) is 5.32 Å². The molecule has 0 radical (unpaired) electrons. The Bertz CT molecular complexity index is 978. The number of methoxy groups -OCH3 is 2. The Morgan fingerprint density at radius 1 is 1.18 bits per heavy atom. The molecule has 1 heterocycles. The van der Waals surface area contributed by atoms with Crippen LogP contribution in [-0.4, -0.2) is 32.5 Å². The molecule has 6 nitrogen and oxygen atoms in total. The highest BCUT2D eigenvalue weighted by Crippen LogP contribution is 2.61. The maximum absolute atomic E-state index is 12.7. The van der Waals surface area contributed by atoms with Gasteiger partial charge in [0.1, 0.15) is 11.5 Å². The Kier molecular flexibility index (Phi) is 8.48. The van der Waals surface area contributed by atoms with E-state index in [1.165, 1.54) is 0 Å². The lowest BCUT2D eigenvalue weighted by molar-refractivity contribution is -0.00436. The second-order valence-electron chi connectivity index (χ2n) is 8.25. The first-order chi connectivity index (χ1) is 16.6. The summed E-state index contributed by atoms with van der Waals surface area (Å²) in [5.41, 5.74) is 0.825. The molecular formula is C28H37NO5. The first kappa shape index (κ1) is 25.5. The molecule has 0 bridgehead atoms. The highest BCUT2D eigenvalue weighted by atomic mass is 16.6. The zero-order valence-electron chi connectivity index (χ0n) is 21.1. The number of para-hydroxylation sites is 1. The van der Waals surface area contributed by atoms with Gasteiger partial charge in [0, 0.05) is 17.0 Å². The summed E-state index contributed by atoms with van der Waals surface area (Å²) < 4.78 is 23.4. The Labute approximate surface area is 203 Å². The van der Waals surface area contributed by atoms with Gasteiger partial charge in [-0.15, -0.1) is 0 Å². The predicted molar refractivity (Wildman–Crippen MR) is 133 cm³/mol. The van der Waals surface area contributed by atoms with Gasteiger partial charge in [-0.25, -0.2) is 4.79 Å². The van der Waals surface area contributed by atoms with Crippen LogP contribution in [0.1, 0.15) is 47.0 Å². The molecule has 1 N–H and O–H groups in total. The van der Waals surface area contributed by atoms with E-state index < -0.39 is 6.09 Å². The van der Waals surface area contributed by atoms with Gasteiger partial charge in [0.2, 0.25) is 0 Å². The van der Waals surface area contributed by atoms with Crippen LogP contribution in [0.25, 0.3) is 0 Å². The van der Waals surface area contributed by atoms with E-state index >= 15 is 0 Å². The van der Waals surface area contributed by atoms with Crippen molar-refractivity contribution in [1.29, 1.82) is 0 Å². The third-order valence-corrected chi connectivity index (χ3v) is 6.84. The van der Waals surface area contributed by atoms with E-state index in [1.54, 1.807) is 26.4 Å². The molecule has 4 atom stereocenters. The van der Waals surface area contributed by atoms with Crippen molar-refractivity contribution in [3.05, 3.63) is 77.5 Å². The number of hydrogen-bond acceptors (Lipinski definition) is 5. The summed E-state index contributed by atoms with van der Waals surface area (Å²) in [4.78, 5) is 12.7. The molecule has 184 valence electrons. The molecule has 4 rings (SSSR count). The van der Waals surface area contributed by atoms with Crippen molar-refractivity contribution < 1.29 is 23.7 Å². The van der Waals surface area contributed by atoms with Crippen molar-refractivity contribution in [2.45, 2.75) is 59.1 Å². The minimum atomic E-state index is -0.441. The molecule has 0 aromatic heterocycles. The Morgan fingerprint density at radius 2 is 1.91 bits per heavy atom. The zero-order chi connectivity index (χ0) is 24.7. The van der Waals surface area contributed by atoms with E-state index in [4.69, 9.17) is 18.9 Å². The average molecular weight is 468 g/mol. The fourth-order valence-corrected chi connectivity index (χ4v) is 5.46. The van der Waals surface area contributed by atoms with Crippen molar-refractivity contribution >= 4 is 6.09 Å². The van der Waals surface area contributed by atoms with E-state index in [0.29, 0.717) is 17.9 Å². The van der Waals surface area contributed by atoms with Crippen molar-refractivity contribution in [3.8, 4) is 5.75 Å². The highest BCUT2D eigenvalue weighted by molar-refractivity contribution is 5.71. The van der Waals surface area contributed by atoms with Crippen LogP contribution in [0.5, 0.6) is 5.75 Å². The maximum Gasteiger partial charge on any atom is 0.412 e. The van der Waals surface area contributed by atoms with Crippen LogP contribution in [0.15, 0.2) is 77.5 Å². The molecule has 1 fully saturated rings.